The van der Waals surface area contributed by atoms with Crippen molar-refractivity contribution in [2.45, 2.75) is 18.8 Å². The van der Waals surface area contributed by atoms with E-state index in [9.17, 15) is 29.4 Å². The summed E-state index contributed by atoms with van der Waals surface area (Å²) >= 11 is 0. The molecule has 3 aromatic carbocycles. The highest BCUT2D eigenvalue weighted by Gasteiger charge is 2.56. The molecule has 6 heteroatoms. The number of carboxylic acids is 2. The monoisotopic (exact) mass is 442 g/mol. The van der Waals surface area contributed by atoms with Crippen LogP contribution >= 0.6 is 0 Å². The Labute approximate surface area is 190 Å². The minimum atomic E-state index is -1.05. The highest BCUT2D eigenvalue weighted by atomic mass is 16.4. The fraction of sp³-hybridized carbons (Fsp3) is 0.185. The van der Waals surface area contributed by atoms with Crippen molar-refractivity contribution < 1.29 is 29.4 Å². The molecular formula is C27H22O6. The SMILES string of the molecule is CC(=O)[C@H]1[C@H](C(=O)c2ccccc2)[C@@H](c2ccc(C(=O)O)cc2)[C@@H]1c1ccc(C(=O)O)cc1. The molecule has 6 nitrogen and oxygen atoms in total. The lowest BCUT2D eigenvalue weighted by Gasteiger charge is -2.51. The quantitative estimate of drug-likeness (QED) is 0.515. The van der Waals surface area contributed by atoms with Crippen molar-refractivity contribution in [2.24, 2.45) is 11.8 Å². The molecule has 0 aromatic heterocycles. The molecule has 1 aliphatic carbocycles. The molecule has 0 unspecified atom stereocenters. The molecular weight excluding hydrogens is 420 g/mol. The molecule has 0 spiro atoms. The van der Waals surface area contributed by atoms with E-state index in [0.717, 1.165) is 11.1 Å². The summed E-state index contributed by atoms with van der Waals surface area (Å²) in [7, 11) is 0. The van der Waals surface area contributed by atoms with Crippen LogP contribution in [0.5, 0.6) is 0 Å². The van der Waals surface area contributed by atoms with Gasteiger partial charge in [0.1, 0.15) is 5.78 Å². The highest BCUT2D eigenvalue weighted by molar-refractivity contribution is 6.03. The number of Topliss-reactive ketones (excluding diaryl/α,β-unsaturated/α-hetero) is 2. The first-order chi connectivity index (χ1) is 15.8. The largest absolute Gasteiger partial charge is 0.478 e. The third-order valence-corrected chi connectivity index (χ3v) is 6.46. The molecule has 0 saturated heterocycles. The van der Waals surface area contributed by atoms with Crippen molar-refractivity contribution in [1.29, 1.82) is 0 Å². The van der Waals surface area contributed by atoms with Crippen LogP contribution in [-0.2, 0) is 4.79 Å². The van der Waals surface area contributed by atoms with Crippen LogP contribution in [0.15, 0.2) is 78.9 Å². The Bertz CT molecular complexity index is 1210. The molecule has 0 amide bonds. The smallest absolute Gasteiger partial charge is 0.335 e. The van der Waals surface area contributed by atoms with Crippen LogP contribution in [0.3, 0.4) is 0 Å². The Balaban J connectivity index is 1.80. The molecule has 1 saturated carbocycles. The van der Waals surface area contributed by atoms with Gasteiger partial charge in [0.25, 0.3) is 0 Å². The van der Waals surface area contributed by atoms with Gasteiger partial charge < -0.3 is 10.2 Å². The highest BCUT2D eigenvalue weighted by Crippen LogP contribution is 2.59. The van der Waals surface area contributed by atoms with Crippen LogP contribution in [0.2, 0.25) is 0 Å². The molecule has 4 atom stereocenters. The maximum absolute atomic E-state index is 13.5. The number of aromatic carboxylic acids is 2. The predicted octanol–water partition coefficient (Wildman–Crippen LogP) is 4.67. The summed E-state index contributed by atoms with van der Waals surface area (Å²) < 4.78 is 0. The van der Waals surface area contributed by atoms with Gasteiger partial charge in [0, 0.05) is 29.2 Å². The summed E-state index contributed by atoms with van der Waals surface area (Å²) in [6.07, 6.45) is 0. The van der Waals surface area contributed by atoms with Crippen LogP contribution in [0.4, 0.5) is 0 Å². The molecule has 3 aromatic rings. The van der Waals surface area contributed by atoms with Gasteiger partial charge in [-0.05, 0) is 42.3 Å². The summed E-state index contributed by atoms with van der Waals surface area (Å²) in [4.78, 5) is 48.8. The van der Waals surface area contributed by atoms with Gasteiger partial charge in [-0.2, -0.15) is 0 Å². The van der Waals surface area contributed by atoms with E-state index in [1.165, 1.54) is 31.2 Å². The second kappa shape index (κ2) is 8.82. The summed E-state index contributed by atoms with van der Waals surface area (Å²) in [5, 5.41) is 18.5. The van der Waals surface area contributed by atoms with Gasteiger partial charge in [-0.1, -0.05) is 54.6 Å². The molecule has 0 bridgehead atoms. The number of rotatable bonds is 7. The Hall–Kier alpha value is -4.06. The van der Waals surface area contributed by atoms with E-state index in [2.05, 4.69) is 0 Å². The van der Waals surface area contributed by atoms with E-state index in [4.69, 9.17) is 0 Å². The van der Waals surface area contributed by atoms with E-state index in [0.29, 0.717) is 5.56 Å². The van der Waals surface area contributed by atoms with Crippen molar-refractivity contribution in [1.82, 2.24) is 0 Å². The third kappa shape index (κ3) is 4.07. The first-order valence-electron chi connectivity index (χ1n) is 10.6. The number of carboxylic acid groups (broad SMARTS) is 2. The zero-order valence-electron chi connectivity index (χ0n) is 17.8. The summed E-state index contributed by atoms with van der Waals surface area (Å²) in [6.45, 7) is 1.47. The lowest BCUT2D eigenvalue weighted by Crippen LogP contribution is -2.50. The number of hydrogen-bond donors (Lipinski definition) is 2. The van der Waals surface area contributed by atoms with Crippen molar-refractivity contribution >= 4 is 23.5 Å². The van der Waals surface area contributed by atoms with E-state index in [1.54, 1.807) is 48.5 Å². The molecule has 2 N–H and O–H groups in total. The zero-order valence-corrected chi connectivity index (χ0v) is 17.8. The normalized spacial score (nSPS) is 21.6. The number of carbonyl (C=O) groups is 4. The van der Waals surface area contributed by atoms with Gasteiger partial charge in [-0.3, -0.25) is 9.59 Å². The van der Waals surface area contributed by atoms with Gasteiger partial charge in [-0.15, -0.1) is 0 Å². The second-order valence-electron chi connectivity index (χ2n) is 8.30. The third-order valence-electron chi connectivity index (χ3n) is 6.46. The van der Waals surface area contributed by atoms with Crippen LogP contribution in [0, 0.1) is 11.8 Å². The van der Waals surface area contributed by atoms with Gasteiger partial charge in [0.05, 0.1) is 11.1 Å². The molecule has 1 fully saturated rings. The number of benzene rings is 3. The first kappa shape index (κ1) is 22.1. The lowest BCUT2D eigenvalue weighted by molar-refractivity contribution is -0.127. The number of ketones is 2. The van der Waals surface area contributed by atoms with Crippen LogP contribution in [0.25, 0.3) is 0 Å². The van der Waals surface area contributed by atoms with Gasteiger partial charge in [0.2, 0.25) is 0 Å². The standard InChI is InChI=1S/C27H22O6/c1-15(28)21-22(16-7-11-19(12-8-16)26(30)31)23(17-9-13-20(14-10-17)27(32)33)24(21)25(29)18-5-3-2-4-6-18/h2-14,21-24H,1H3,(H,30,31)(H,32,33)/t21-,22-,23+,24+/m1/s1. The van der Waals surface area contributed by atoms with Crippen molar-refractivity contribution in [2.75, 3.05) is 0 Å². The Morgan fingerprint density at radius 3 is 1.39 bits per heavy atom. The Morgan fingerprint density at radius 1 is 0.576 bits per heavy atom. The van der Waals surface area contributed by atoms with E-state index < -0.39 is 23.8 Å². The second-order valence-corrected chi connectivity index (χ2v) is 8.30. The van der Waals surface area contributed by atoms with E-state index in [1.807, 2.05) is 6.07 Å². The average Bonchev–Trinajstić information content (AvgIpc) is 2.79. The molecule has 1 aliphatic rings. The van der Waals surface area contributed by atoms with E-state index >= 15 is 0 Å². The summed E-state index contributed by atoms with van der Waals surface area (Å²) in [5.74, 6) is -4.21. The lowest BCUT2D eigenvalue weighted by atomic mass is 9.50. The summed E-state index contributed by atoms with van der Waals surface area (Å²) in [5.41, 5.74) is 2.32. The van der Waals surface area contributed by atoms with Crippen molar-refractivity contribution in [3.8, 4) is 0 Å². The minimum absolute atomic E-state index is 0.116. The predicted molar refractivity (Wildman–Crippen MR) is 121 cm³/mol. The molecule has 0 aliphatic heterocycles. The average molecular weight is 442 g/mol. The molecule has 0 heterocycles. The van der Waals surface area contributed by atoms with Crippen LogP contribution < -0.4 is 0 Å². The van der Waals surface area contributed by atoms with Crippen molar-refractivity contribution in [3.05, 3.63) is 107 Å². The topological polar surface area (TPSA) is 109 Å². The Morgan fingerprint density at radius 2 is 1.00 bits per heavy atom. The van der Waals surface area contributed by atoms with Gasteiger partial charge >= 0.3 is 11.9 Å². The van der Waals surface area contributed by atoms with E-state index in [-0.39, 0.29) is 34.5 Å². The van der Waals surface area contributed by atoms with Crippen molar-refractivity contribution in [3.63, 3.8) is 0 Å². The number of hydrogen-bond acceptors (Lipinski definition) is 4. The molecule has 0 radical (unpaired) electrons. The molecule has 4 rings (SSSR count). The Kier molecular flexibility index (Phi) is 5.92. The molecule has 166 valence electrons. The fourth-order valence-electron chi connectivity index (χ4n) is 4.90. The maximum atomic E-state index is 13.5. The van der Waals surface area contributed by atoms with Crippen LogP contribution in [-0.4, -0.2) is 33.7 Å². The number of carbonyl (C=O) groups excluding carboxylic acids is 2. The summed E-state index contributed by atoms with van der Waals surface area (Å²) in [6, 6.07) is 21.5. The molecule has 33 heavy (non-hydrogen) atoms. The maximum Gasteiger partial charge on any atom is 0.335 e. The fourth-order valence-corrected chi connectivity index (χ4v) is 4.90. The van der Waals surface area contributed by atoms with Gasteiger partial charge in [-0.25, -0.2) is 9.59 Å². The minimum Gasteiger partial charge on any atom is -0.478 e. The zero-order chi connectivity index (χ0) is 23.7. The van der Waals surface area contributed by atoms with Crippen LogP contribution in [0.1, 0.15) is 61.0 Å². The first-order valence-corrected chi connectivity index (χ1v) is 10.6. The van der Waals surface area contributed by atoms with Gasteiger partial charge in [0.15, 0.2) is 5.78 Å².